The molecule has 0 aromatic heterocycles. The van der Waals surface area contributed by atoms with Gasteiger partial charge >= 0.3 is 6.09 Å². The van der Waals surface area contributed by atoms with E-state index in [-0.39, 0.29) is 6.09 Å². The number of hydrogen-bond donors (Lipinski definition) is 0. The van der Waals surface area contributed by atoms with Crippen molar-refractivity contribution in [1.82, 2.24) is 4.90 Å². The number of amides is 1. The second-order valence-corrected chi connectivity index (χ2v) is 6.03. The molecule has 3 heteroatoms. The highest BCUT2D eigenvalue weighted by molar-refractivity contribution is 5.68. The summed E-state index contributed by atoms with van der Waals surface area (Å²) in [7, 11) is 0. The first-order chi connectivity index (χ1) is 9.78. The average Bonchev–Trinajstić information content (AvgIpc) is 2.49. The van der Waals surface area contributed by atoms with Crippen LogP contribution >= 0.6 is 0 Å². The number of ether oxygens (including phenoxy) is 1. The van der Waals surface area contributed by atoms with Gasteiger partial charge in [-0.1, -0.05) is 30.3 Å². The van der Waals surface area contributed by atoms with Gasteiger partial charge in [0.15, 0.2) is 0 Å². The molecule has 3 atom stereocenters. The Kier molecular flexibility index (Phi) is 3.95. The third-order valence-corrected chi connectivity index (χ3v) is 4.83. The lowest BCUT2D eigenvalue weighted by molar-refractivity contribution is 0.00212. The van der Waals surface area contributed by atoms with Crippen molar-refractivity contribution >= 4 is 6.09 Å². The van der Waals surface area contributed by atoms with E-state index in [9.17, 15) is 4.79 Å². The van der Waals surface area contributed by atoms with E-state index in [1.54, 1.807) is 0 Å². The Morgan fingerprint density at radius 3 is 2.75 bits per heavy atom. The normalized spacial score (nSPS) is 28.4. The SMILES string of the molecule is CCOC(=O)N1CC2CCC1CC2Cc1ccccc1. The van der Waals surface area contributed by atoms with Gasteiger partial charge in [-0.25, -0.2) is 4.79 Å². The van der Waals surface area contributed by atoms with Crippen LogP contribution in [0.5, 0.6) is 0 Å². The van der Waals surface area contributed by atoms with Crippen LogP contribution in [0.15, 0.2) is 30.3 Å². The lowest BCUT2D eigenvalue weighted by Gasteiger charge is -2.49. The van der Waals surface area contributed by atoms with Gasteiger partial charge in [-0.05, 0) is 50.0 Å². The molecule has 3 fully saturated rings. The summed E-state index contributed by atoms with van der Waals surface area (Å²) in [6.45, 7) is 3.24. The third-order valence-electron chi connectivity index (χ3n) is 4.83. The molecule has 3 unspecified atom stereocenters. The minimum atomic E-state index is -0.111. The highest BCUT2D eigenvalue weighted by Gasteiger charge is 2.42. The van der Waals surface area contributed by atoms with E-state index in [1.807, 2.05) is 11.8 Å². The summed E-state index contributed by atoms with van der Waals surface area (Å²) in [5.74, 6) is 1.37. The molecule has 1 aromatic rings. The Bertz CT molecular complexity index is 459. The Morgan fingerprint density at radius 1 is 1.30 bits per heavy atom. The summed E-state index contributed by atoms with van der Waals surface area (Å²) in [5.41, 5.74) is 1.42. The molecular weight excluding hydrogens is 250 g/mol. The first-order valence-corrected chi connectivity index (χ1v) is 7.75. The summed E-state index contributed by atoms with van der Waals surface area (Å²) in [6.07, 6.45) is 4.59. The maximum atomic E-state index is 12.0. The molecular formula is C17H23NO2. The molecule has 0 spiro atoms. The molecule has 2 aliphatic heterocycles. The van der Waals surface area contributed by atoms with Gasteiger partial charge in [0.2, 0.25) is 0 Å². The van der Waals surface area contributed by atoms with E-state index in [1.165, 1.54) is 12.0 Å². The zero-order chi connectivity index (χ0) is 13.9. The predicted octanol–water partition coefficient (Wildman–Crippen LogP) is 3.49. The topological polar surface area (TPSA) is 29.5 Å². The molecule has 108 valence electrons. The van der Waals surface area contributed by atoms with Gasteiger partial charge in [-0.2, -0.15) is 0 Å². The van der Waals surface area contributed by atoms with E-state index < -0.39 is 0 Å². The second-order valence-electron chi connectivity index (χ2n) is 6.03. The van der Waals surface area contributed by atoms with Crippen molar-refractivity contribution in [2.45, 2.75) is 38.6 Å². The molecule has 2 heterocycles. The monoisotopic (exact) mass is 273 g/mol. The van der Waals surface area contributed by atoms with Crippen LogP contribution in [0.1, 0.15) is 31.7 Å². The summed E-state index contributed by atoms with van der Waals surface area (Å²) >= 11 is 0. The number of hydrogen-bond acceptors (Lipinski definition) is 2. The first-order valence-electron chi connectivity index (χ1n) is 7.75. The molecule has 2 bridgehead atoms. The van der Waals surface area contributed by atoms with Crippen molar-refractivity contribution in [1.29, 1.82) is 0 Å². The van der Waals surface area contributed by atoms with Gasteiger partial charge < -0.3 is 9.64 Å². The zero-order valence-electron chi connectivity index (χ0n) is 12.1. The molecule has 0 N–H and O–H groups in total. The van der Waals surface area contributed by atoms with Crippen molar-refractivity contribution in [2.75, 3.05) is 13.2 Å². The summed E-state index contributed by atoms with van der Waals surface area (Å²) in [4.78, 5) is 13.9. The Balaban J connectivity index is 1.64. The van der Waals surface area contributed by atoms with Crippen LogP contribution in [0.2, 0.25) is 0 Å². The number of fused-ring (bicyclic) bond motifs is 3. The van der Waals surface area contributed by atoms with Crippen molar-refractivity contribution in [3.05, 3.63) is 35.9 Å². The molecule has 2 saturated heterocycles. The number of benzene rings is 1. The fourth-order valence-corrected chi connectivity index (χ4v) is 3.82. The first kappa shape index (κ1) is 13.5. The number of carbonyl (C=O) groups is 1. The third kappa shape index (κ3) is 2.67. The van der Waals surface area contributed by atoms with Crippen LogP contribution in [0, 0.1) is 11.8 Å². The summed E-state index contributed by atoms with van der Waals surface area (Å²) in [5, 5.41) is 0. The number of carbonyl (C=O) groups excluding carboxylic acids is 1. The van der Waals surface area contributed by atoms with E-state index in [2.05, 4.69) is 30.3 Å². The van der Waals surface area contributed by atoms with Crippen LogP contribution in [0.25, 0.3) is 0 Å². The summed E-state index contributed by atoms with van der Waals surface area (Å²) < 4.78 is 5.17. The van der Waals surface area contributed by atoms with Crippen molar-refractivity contribution in [2.24, 2.45) is 11.8 Å². The van der Waals surface area contributed by atoms with Gasteiger partial charge in [0.1, 0.15) is 0 Å². The van der Waals surface area contributed by atoms with Crippen molar-refractivity contribution < 1.29 is 9.53 Å². The Hall–Kier alpha value is -1.51. The molecule has 1 saturated carbocycles. The molecule has 1 amide bonds. The van der Waals surface area contributed by atoms with Gasteiger partial charge in [0, 0.05) is 12.6 Å². The average molecular weight is 273 g/mol. The Morgan fingerprint density at radius 2 is 2.10 bits per heavy atom. The zero-order valence-corrected chi connectivity index (χ0v) is 12.1. The maximum absolute atomic E-state index is 12.0. The highest BCUT2D eigenvalue weighted by atomic mass is 16.6. The van der Waals surface area contributed by atoms with Crippen LogP contribution in [-0.4, -0.2) is 30.2 Å². The molecule has 1 aliphatic carbocycles. The van der Waals surface area contributed by atoms with E-state index in [0.29, 0.717) is 18.6 Å². The molecule has 4 rings (SSSR count). The van der Waals surface area contributed by atoms with Crippen molar-refractivity contribution in [3.8, 4) is 0 Å². The minimum Gasteiger partial charge on any atom is -0.450 e. The van der Waals surface area contributed by atoms with Crippen LogP contribution in [0.4, 0.5) is 4.79 Å². The van der Waals surface area contributed by atoms with Crippen molar-refractivity contribution in [3.63, 3.8) is 0 Å². The predicted molar refractivity (Wildman–Crippen MR) is 78.5 cm³/mol. The van der Waals surface area contributed by atoms with Crippen LogP contribution < -0.4 is 0 Å². The number of piperidine rings is 2. The fraction of sp³-hybridized carbons (Fsp3) is 0.588. The lowest BCUT2D eigenvalue weighted by Crippen LogP contribution is -2.54. The quantitative estimate of drug-likeness (QED) is 0.843. The fourth-order valence-electron chi connectivity index (χ4n) is 3.82. The van der Waals surface area contributed by atoms with E-state index in [4.69, 9.17) is 4.74 Å². The molecule has 3 nitrogen and oxygen atoms in total. The maximum Gasteiger partial charge on any atom is 0.410 e. The summed E-state index contributed by atoms with van der Waals surface area (Å²) in [6, 6.07) is 11.1. The van der Waals surface area contributed by atoms with Gasteiger partial charge in [-0.3, -0.25) is 0 Å². The molecule has 3 aliphatic rings. The highest BCUT2D eigenvalue weighted by Crippen LogP contribution is 2.41. The largest absolute Gasteiger partial charge is 0.450 e. The van der Waals surface area contributed by atoms with Crippen LogP contribution in [-0.2, 0) is 11.2 Å². The van der Waals surface area contributed by atoms with Gasteiger partial charge in [-0.15, -0.1) is 0 Å². The number of nitrogens with zero attached hydrogens (tertiary/aromatic N) is 1. The number of rotatable bonds is 3. The smallest absolute Gasteiger partial charge is 0.410 e. The van der Waals surface area contributed by atoms with Gasteiger partial charge in [0.05, 0.1) is 6.61 Å². The van der Waals surface area contributed by atoms with Crippen LogP contribution in [0.3, 0.4) is 0 Å². The second kappa shape index (κ2) is 5.86. The van der Waals surface area contributed by atoms with Gasteiger partial charge in [0.25, 0.3) is 0 Å². The standard InChI is InChI=1S/C17H23NO2/c1-2-20-17(19)18-12-14-8-9-16(18)11-15(14)10-13-6-4-3-5-7-13/h3-7,14-16H,2,8-12H2,1H3. The lowest BCUT2D eigenvalue weighted by atomic mass is 9.70. The molecule has 20 heavy (non-hydrogen) atoms. The Labute approximate surface area is 120 Å². The molecule has 0 radical (unpaired) electrons. The van der Waals surface area contributed by atoms with E-state index in [0.717, 1.165) is 31.7 Å². The molecule has 1 aromatic carbocycles. The minimum absolute atomic E-state index is 0.111. The van der Waals surface area contributed by atoms with E-state index >= 15 is 0 Å².